The van der Waals surface area contributed by atoms with E-state index in [1.165, 1.54) is 9.80 Å². The monoisotopic (exact) mass is 396 g/mol. The molecule has 3 atom stereocenters. The first-order valence-electron chi connectivity index (χ1n) is 9.69. The Bertz CT molecular complexity index is 642. The van der Waals surface area contributed by atoms with Gasteiger partial charge in [-0.2, -0.15) is 0 Å². The first-order valence-corrected chi connectivity index (χ1v) is 10.1. The molecular formula is C20H33ClN4O2+2. The molecule has 0 aromatic heterocycles. The van der Waals surface area contributed by atoms with Crippen LogP contribution in [0.3, 0.4) is 0 Å². The molecule has 1 fully saturated rings. The Labute approximate surface area is 167 Å². The average molecular weight is 397 g/mol. The Hall–Kier alpha value is -1.63. The first kappa shape index (κ1) is 21.7. The molecule has 1 aromatic carbocycles. The summed E-state index contributed by atoms with van der Waals surface area (Å²) in [6.07, 6.45) is 1.01. The highest BCUT2D eigenvalue weighted by molar-refractivity contribution is 6.30. The predicted molar refractivity (Wildman–Crippen MR) is 108 cm³/mol. The number of benzene rings is 1. The van der Waals surface area contributed by atoms with Gasteiger partial charge in [0.2, 0.25) is 0 Å². The quantitative estimate of drug-likeness (QED) is 0.554. The predicted octanol–water partition coefficient (Wildman–Crippen LogP) is -0.245. The molecule has 0 saturated carbocycles. The summed E-state index contributed by atoms with van der Waals surface area (Å²) in [5.74, 6) is 0.107. The molecule has 1 saturated heterocycles. The molecular weight excluding hydrogens is 364 g/mol. The van der Waals surface area contributed by atoms with Crippen LogP contribution in [0.4, 0.5) is 5.69 Å². The molecule has 1 aromatic rings. The minimum Gasteiger partial charge on any atom is -0.347 e. The van der Waals surface area contributed by atoms with Gasteiger partial charge in [-0.1, -0.05) is 11.6 Å². The van der Waals surface area contributed by atoms with Crippen molar-refractivity contribution in [2.45, 2.75) is 45.7 Å². The van der Waals surface area contributed by atoms with E-state index >= 15 is 0 Å². The topological polar surface area (TPSA) is 67.1 Å². The van der Waals surface area contributed by atoms with Crippen molar-refractivity contribution in [3.8, 4) is 0 Å². The van der Waals surface area contributed by atoms with Crippen LogP contribution in [0, 0.1) is 0 Å². The second-order valence-corrected chi connectivity index (χ2v) is 8.89. The lowest BCUT2D eigenvalue weighted by Crippen LogP contribution is -3.20. The van der Waals surface area contributed by atoms with Crippen LogP contribution in [0.2, 0.25) is 5.02 Å². The number of amides is 2. The van der Waals surface area contributed by atoms with E-state index in [-0.39, 0.29) is 23.4 Å². The Morgan fingerprint density at radius 1 is 1.11 bits per heavy atom. The van der Waals surface area contributed by atoms with Gasteiger partial charge in [0.1, 0.15) is 13.1 Å². The van der Waals surface area contributed by atoms with Gasteiger partial charge in [-0.15, -0.1) is 0 Å². The van der Waals surface area contributed by atoms with Crippen LogP contribution in [0.5, 0.6) is 0 Å². The number of halogens is 1. The molecule has 27 heavy (non-hydrogen) atoms. The van der Waals surface area contributed by atoms with Gasteiger partial charge in [0.15, 0.2) is 12.6 Å². The lowest BCUT2D eigenvalue weighted by molar-refractivity contribution is -0.942. The van der Waals surface area contributed by atoms with E-state index in [1.54, 1.807) is 12.1 Å². The molecule has 2 rings (SSSR count). The van der Waals surface area contributed by atoms with Gasteiger partial charge < -0.3 is 20.4 Å². The molecule has 0 radical (unpaired) electrons. The summed E-state index contributed by atoms with van der Waals surface area (Å²) < 4.78 is 0. The van der Waals surface area contributed by atoms with Crippen LogP contribution in [-0.2, 0) is 9.59 Å². The summed E-state index contributed by atoms with van der Waals surface area (Å²) in [5, 5.41) is 6.65. The molecule has 2 amide bonds. The maximum Gasteiger partial charge on any atom is 0.282 e. The van der Waals surface area contributed by atoms with Crippen LogP contribution in [-0.4, -0.2) is 56.1 Å². The highest BCUT2D eigenvalue weighted by Crippen LogP contribution is 2.13. The number of carbonyl (C=O) groups is 2. The van der Waals surface area contributed by atoms with Gasteiger partial charge in [0.25, 0.3) is 11.8 Å². The third-order valence-electron chi connectivity index (χ3n) is 4.87. The Balaban J connectivity index is 1.84. The molecule has 1 aliphatic heterocycles. The molecule has 7 heteroatoms. The number of anilines is 1. The van der Waals surface area contributed by atoms with E-state index in [1.807, 2.05) is 39.8 Å². The molecule has 1 aliphatic rings. The SMILES string of the molecule is C[C@@H](C(=O)Nc1ccc(Cl)cc1)[NH+]1CCC[NH+](CC(=O)NC(C)(C)C)CC1. The minimum atomic E-state index is -0.200. The van der Waals surface area contributed by atoms with Crippen LogP contribution in [0.1, 0.15) is 34.1 Å². The number of rotatable bonds is 5. The van der Waals surface area contributed by atoms with Crippen molar-refractivity contribution in [1.82, 2.24) is 5.32 Å². The van der Waals surface area contributed by atoms with Gasteiger partial charge >= 0.3 is 0 Å². The van der Waals surface area contributed by atoms with Crippen molar-refractivity contribution >= 4 is 29.1 Å². The van der Waals surface area contributed by atoms with Gasteiger partial charge in [-0.25, -0.2) is 0 Å². The van der Waals surface area contributed by atoms with Crippen molar-refractivity contribution in [1.29, 1.82) is 0 Å². The highest BCUT2D eigenvalue weighted by atomic mass is 35.5. The van der Waals surface area contributed by atoms with Crippen LogP contribution in [0.25, 0.3) is 0 Å². The van der Waals surface area contributed by atoms with Crippen molar-refractivity contribution in [2.24, 2.45) is 0 Å². The fourth-order valence-corrected chi connectivity index (χ4v) is 3.55. The standard InChI is InChI=1S/C20H31ClN4O2/c1-15(19(27)22-17-8-6-16(21)7-9-17)25-11-5-10-24(12-13-25)14-18(26)23-20(2,3)4/h6-9,15H,5,10-14H2,1-4H3,(H,22,27)(H,23,26)/p+2/t15-/m0/s1. The van der Waals surface area contributed by atoms with E-state index in [0.717, 1.165) is 38.3 Å². The zero-order chi connectivity index (χ0) is 20.0. The van der Waals surface area contributed by atoms with Crippen molar-refractivity contribution in [3.05, 3.63) is 29.3 Å². The van der Waals surface area contributed by atoms with E-state index < -0.39 is 0 Å². The van der Waals surface area contributed by atoms with Gasteiger partial charge in [-0.3, -0.25) is 9.59 Å². The van der Waals surface area contributed by atoms with Gasteiger partial charge in [0, 0.05) is 22.7 Å². The Morgan fingerprint density at radius 3 is 2.41 bits per heavy atom. The molecule has 0 spiro atoms. The van der Waals surface area contributed by atoms with Crippen LogP contribution in [0.15, 0.2) is 24.3 Å². The molecule has 6 nitrogen and oxygen atoms in total. The summed E-state index contributed by atoms with van der Waals surface area (Å²) in [6, 6.07) is 7.02. The molecule has 0 aliphatic carbocycles. The highest BCUT2D eigenvalue weighted by Gasteiger charge is 2.30. The lowest BCUT2D eigenvalue weighted by Gasteiger charge is -2.24. The van der Waals surface area contributed by atoms with Crippen molar-refractivity contribution in [3.63, 3.8) is 0 Å². The second kappa shape index (κ2) is 9.53. The lowest BCUT2D eigenvalue weighted by atomic mass is 10.1. The minimum absolute atomic E-state index is 0.0150. The summed E-state index contributed by atoms with van der Waals surface area (Å²) in [4.78, 5) is 27.3. The van der Waals surface area contributed by atoms with E-state index in [4.69, 9.17) is 11.6 Å². The summed E-state index contributed by atoms with van der Waals surface area (Å²) in [7, 11) is 0. The zero-order valence-electron chi connectivity index (χ0n) is 16.8. The third kappa shape index (κ3) is 7.48. The maximum atomic E-state index is 12.6. The molecule has 2 unspecified atom stereocenters. The smallest absolute Gasteiger partial charge is 0.282 e. The average Bonchev–Trinajstić information content (AvgIpc) is 2.80. The van der Waals surface area contributed by atoms with E-state index in [2.05, 4.69) is 10.6 Å². The number of carbonyl (C=O) groups excluding carboxylic acids is 2. The van der Waals surface area contributed by atoms with Crippen LogP contribution < -0.4 is 20.4 Å². The Kier molecular flexibility index (Phi) is 7.65. The summed E-state index contributed by atoms with van der Waals surface area (Å²) in [5.41, 5.74) is 0.560. The van der Waals surface area contributed by atoms with Gasteiger partial charge in [-0.05, 0) is 52.0 Å². The van der Waals surface area contributed by atoms with E-state index in [0.29, 0.717) is 11.6 Å². The van der Waals surface area contributed by atoms with Crippen molar-refractivity contribution < 1.29 is 19.4 Å². The largest absolute Gasteiger partial charge is 0.347 e. The molecule has 1 heterocycles. The number of quaternary nitrogens is 2. The van der Waals surface area contributed by atoms with Gasteiger partial charge in [0.05, 0.1) is 13.1 Å². The number of nitrogens with one attached hydrogen (secondary N) is 4. The molecule has 150 valence electrons. The summed E-state index contributed by atoms with van der Waals surface area (Å²) in [6.45, 7) is 12.1. The third-order valence-corrected chi connectivity index (χ3v) is 5.12. The normalized spacial score (nSPS) is 21.8. The maximum absolute atomic E-state index is 12.6. The number of hydrogen-bond acceptors (Lipinski definition) is 2. The van der Waals surface area contributed by atoms with Crippen molar-refractivity contribution in [2.75, 3.05) is 38.0 Å². The zero-order valence-corrected chi connectivity index (χ0v) is 17.6. The molecule has 4 N–H and O–H groups in total. The molecule has 0 bridgehead atoms. The fourth-order valence-electron chi connectivity index (χ4n) is 3.42. The Morgan fingerprint density at radius 2 is 1.78 bits per heavy atom. The summed E-state index contributed by atoms with van der Waals surface area (Å²) >= 11 is 5.89. The second-order valence-electron chi connectivity index (χ2n) is 8.45. The first-order chi connectivity index (χ1) is 12.6. The van der Waals surface area contributed by atoms with E-state index in [9.17, 15) is 9.59 Å². The number of hydrogen-bond donors (Lipinski definition) is 4. The van der Waals surface area contributed by atoms with Crippen LogP contribution >= 0.6 is 11.6 Å². The fraction of sp³-hybridized carbons (Fsp3) is 0.600.